The largest absolute Gasteiger partial charge is 0.452 e. The molecule has 0 saturated carbocycles. The van der Waals surface area contributed by atoms with Crippen LogP contribution in [0.5, 0.6) is 0 Å². The Morgan fingerprint density at radius 2 is 2.07 bits per heavy atom. The Labute approximate surface area is 163 Å². The quantitative estimate of drug-likeness (QED) is 0.388. The number of aromatic nitrogens is 2. The van der Waals surface area contributed by atoms with E-state index >= 15 is 0 Å². The smallest absolute Gasteiger partial charge is 0.343 e. The topological polar surface area (TPSA) is 147 Å². The number of furan rings is 1. The summed E-state index contributed by atoms with van der Waals surface area (Å²) in [6, 6.07) is 4.01. The number of nitro groups is 1. The number of aryl methyl sites for hydroxylation is 3. The summed E-state index contributed by atoms with van der Waals surface area (Å²) in [7, 11) is 1.47. The molecule has 1 aromatic carbocycles. The highest BCUT2D eigenvalue weighted by Gasteiger charge is 2.24. The van der Waals surface area contributed by atoms with E-state index in [1.807, 2.05) is 0 Å². The number of fused-ring (bicyclic) bond motifs is 1. The summed E-state index contributed by atoms with van der Waals surface area (Å²) in [5.41, 5.74) is 0.0363. The van der Waals surface area contributed by atoms with Gasteiger partial charge in [0.25, 0.3) is 17.2 Å². The van der Waals surface area contributed by atoms with Gasteiger partial charge in [-0.3, -0.25) is 19.7 Å². The van der Waals surface area contributed by atoms with Gasteiger partial charge in [-0.25, -0.2) is 9.78 Å². The molecule has 0 fully saturated rings. The molecule has 0 atom stereocenters. The lowest BCUT2D eigenvalue weighted by Crippen LogP contribution is -2.23. The minimum Gasteiger partial charge on any atom is -0.452 e. The van der Waals surface area contributed by atoms with Crippen LogP contribution >= 0.6 is 0 Å². The van der Waals surface area contributed by atoms with Crippen LogP contribution < -0.4 is 10.9 Å². The summed E-state index contributed by atoms with van der Waals surface area (Å²) in [5.74, 6) is -1.48. The molecule has 0 radical (unpaired) electrons. The van der Waals surface area contributed by atoms with Crippen molar-refractivity contribution in [2.24, 2.45) is 7.05 Å². The third-order valence-corrected chi connectivity index (χ3v) is 4.19. The molecule has 0 aliphatic rings. The van der Waals surface area contributed by atoms with E-state index in [1.165, 1.54) is 43.1 Å². The Morgan fingerprint density at radius 3 is 2.76 bits per heavy atom. The highest BCUT2D eigenvalue weighted by Crippen LogP contribution is 2.23. The van der Waals surface area contributed by atoms with Gasteiger partial charge in [0.05, 0.1) is 10.6 Å². The maximum Gasteiger partial charge on any atom is 0.343 e. The molecule has 0 aliphatic carbocycles. The Hall–Kier alpha value is -4.02. The van der Waals surface area contributed by atoms with Crippen LogP contribution in [0.4, 0.5) is 11.4 Å². The molecule has 3 aromatic rings. The predicted molar refractivity (Wildman–Crippen MR) is 101 cm³/mol. The number of ether oxygens (including phenoxy) is 1. The summed E-state index contributed by atoms with van der Waals surface area (Å²) in [6.45, 7) is 2.48. The number of benzene rings is 1. The van der Waals surface area contributed by atoms with Crippen LogP contribution in [0.2, 0.25) is 0 Å². The summed E-state index contributed by atoms with van der Waals surface area (Å²) in [6.07, 6.45) is 1.26. The molecule has 11 heteroatoms. The zero-order valence-corrected chi connectivity index (χ0v) is 15.7. The van der Waals surface area contributed by atoms with Gasteiger partial charge in [0.1, 0.15) is 23.0 Å². The Bertz CT molecular complexity index is 1210. The van der Waals surface area contributed by atoms with E-state index in [4.69, 9.17) is 9.15 Å². The molecule has 150 valence electrons. The number of nitro benzene ring substituents is 1. The van der Waals surface area contributed by atoms with Gasteiger partial charge in [0.2, 0.25) is 5.71 Å². The van der Waals surface area contributed by atoms with Crippen LogP contribution in [0.3, 0.4) is 0 Å². The first-order chi connectivity index (χ1) is 13.7. The second-order valence-electron chi connectivity index (χ2n) is 6.25. The van der Waals surface area contributed by atoms with Crippen LogP contribution in [0.15, 0.2) is 33.7 Å². The van der Waals surface area contributed by atoms with Crippen LogP contribution in [0.1, 0.15) is 21.7 Å². The van der Waals surface area contributed by atoms with E-state index in [9.17, 15) is 24.5 Å². The highest BCUT2D eigenvalue weighted by atomic mass is 16.6. The van der Waals surface area contributed by atoms with Gasteiger partial charge in [0.15, 0.2) is 6.61 Å². The number of hydrogen-bond donors (Lipinski definition) is 1. The van der Waals surface area contributed by atoms with Gasteiger partial charge in [-0.1, -0.05) is 6.07 Å². The Balaban J connectivity index is 1.76. The minimum atomic E-state index is -0.919. The third-order valence-electron chi connectivity index (χ3n) is 4.19. The summed E-state index contributed by atoms with van der Waals surface area (Å²) in [4.78, 5) is 51.1. The summed E-state index contributed by atoms with van der Waals surface area (Å²) < 4.78 is 11.5. The number of carbonyl (C=O) groups excluding carboxylic acids is 2. The van der Waals surface area contributed by atoms with Crippen molar-refractivity contribution in [1.82, 2.24) is 9.55 Å². The standard InChI is InChI=1S/C18H16N4O7/c1-9-4-5-11(22(26)27)6-12(9)20-13(23)7-28-18(25)14-10(2)29-16-15(14)17(24)21(3)8-19-16/h4-6,8H,7H2,1-3H3,(H,20,23). The Morgan fingerprint density at radius 1 is 1.34 bits per heavy atom. The van der Waals surface area contributed by atoms with Crippen molar-refractivity contribution >= 4 is 34.4 Å². The molecule has 2 aromatic heterocycles. The van der Waals surface area contributed by atoms with E-state index < -0.39 is 29.0 Å². The second-order valence-corrected chi connectivity index (χ2v) is 6.25. The molecular formula is C18H16N4O7. The maximum atomic E-state index is 12.4. The Kier molecular flexibility index (Phi) is 5.13. The fraction of sp³-hybridized carbons (Fsp3) is 0.222. The van der Waals surface area contributed by atoms with Crippen LogP contribution in [-0.2, 0) is 16.6 Å². The molecule has 0 unspecified atom stereocenters. The number of hydrogen-bond acceptors (Lipinski definition) is 8. The van der Waals surface area contributed by atoms with Crippen molar-refractivity contribution in [2.75, 3.05) is 11.9 Å². The van der Waals surface area contributed by atoms with Crippen molar-refractivity contribution in [2.45, 2.75) is 13.8 Å². The van der Waals surface area contributed by atoms with E-state index in [0.717, 1.165) is 0 Å². The van der Waals surface area contributed by atoms with Gasteiger partial charge in [0, 0.05) is 19.2 Å². The van der Waals surface area contributed by atoms with Crippen molar-refractivity contribution in [3.8, 4) is 0 Å². The summed E-state index contributed by atoms with van der Waals surface area (Å²) in [5, 5.41) is 13.3. The van der Waals surface area contributed by atoms with Gasteiger partial charge in [-0.05, 0) is 19.4 Å². The van der Waals surface area contributed by atoms with E-state index in [2.05, 4.69) is 10.3 Å². The van der Waals surface area contributed by atoms with Gasteiger partial charge < -0.3 is 19.0 Å². The van der Waals surface area contributed by atoms with Crippen molar-refractivity contribution in [3.05, 3.63) is 61.9 Å². The molecule has 1 amide bonds. The summed E-state index contributed by atoms with van der Waals surface area (Å²) >= 11 is 0. The third kappa shape index (κ3) is 3.83. The van der Waals surface area contributed by atoms with Crippen molar-refractivity contribution < 1.29 is 23.7 Å². The molecule has 0 aliphatic heterocycles. The lowest BCUT2D eigenvalue weighted by atomic mass is 10.2. The average molecular weight is 400 g/mol. The van der Waals surface area contributed by atoms with Gasteiger partial charge in [-0.15, -0.1) is 0 Å². The van der Waals surface area contributed by atoms with E-state index in [0.29, 0.717) is 5.56 Å². The zero-order chi connectivity index (χ0) is 21.3. The molecule has 29 heavy (non-hydrogen) atoms. The maximum absolute atomic E-state index is 12.4. The fourth-order valence-electron chi connectivity index (χ4n) is 2.68. The number of nitrogens with zero attached hydrogens (tertiary/aromatic N) is 3. The predicted octanol–water partition coefficient (Wildman–Crippen LogP) is 1.85. The number of anilines is 1. The van der Waals surface area contributed by atoms with Crippen molar-refractivity contribution in [3.63, 3.8) is 0 Å². The second kappa shape index (κ2) is 7.54. The monoisotopic (exact) mass is 400 g/mol. The molecule has 1 N–H and O–H groups in total. The average Bonchev–Trinajstić information content (AvgIpc) is 3.01. The molecule has 3 rings (SSSR count). The first-order valence-electron chi connectivity index (χ1n) is 8.35. The molecule has 0 saturated heterocycles. The SMILES string of the molecule is Cc1ccc([N+](=O)[O-])cc1NC(=O)COC(=O)c1c(C)oc2ncn(C)c(=O)c12. The number of esters is 1. The fourth-order valence-corrected chi connectivity index (χ4v) is 2.68. The van der Waals surface area contributed by atoms with Crippen LogP contribution in [-0.4, -0.2) is 33.0 Å². The number of nitrogens with one attached hydrogen (secondary N) is 1. The molecule has 0 bridgehead atoms. The number of carbonyl (C=O) groups is 2. The van der Waals surface area contributed by atoms with Crippen LogP contribution in [0.25, 0.3) is 11.1 Å². The van der Waals surface area contributed by atoms with Crippen molar-refractivity contribution in [1.29, 1.82) is 0 Å². The highest BCUT2D eigenvalue weighted by molar-refractivity contribution is 6.04. The molecule has 2 heterocycles. The number of non-ortho nitro benzene ring substituents is 1. The first-order valence-corrected chi connectivity index (χ1v) is 8.35. The van der Waals surface area contributed by atoms with Gasteiger partial charge in [-0.2, -0.15) is 0 Å². The first kappa shape index (κ1) is 19.7. The van der Waals surface area contributed by atoms with Crippen LogP contribution in [0, 0.1) is 24.0 Å². The number of amides is 1. The zero-order valence-electron chi connectivity index (χ0n) is 15.7. The van der Waals surface area contributed by atoms with E-state index in [1.54, 1.807) is 6.92 Å². The normalized spacial score (nSPS) is 10.7. The lowest BCUT2D eigenvalue weighted by molar-refractivity contribution is -0.384. The molecular weight excluding hydrogens is 384 g/mol. The van der Waals surface area contributed by atoms with E-state index in [-0.39, 0.29) is 33.8 Å². The minimum absolute atomic E-state index is 0.00535. The molecule has 0 spiro atoms. The number of rotatable bonds is 5. The molecule has 11 nitrogen and oxygen atoms in total. The lowest BCUT2D eigenvalue weighted by Gasteiger charge is -2.09. The van der Waals surface area contributed by atoms with Gasteiger partial charge >= 0.3 is 5.97 Å².